The third-order valence-corrected chi connectivity index (χ3v) is 11.3. The van der Waals surface area contributed by atoms with E-state index in [1.807, 2.05) is 6.92 Å². The lowest BCUT2D eigenvalue weighted by Gasteiger charge is -2.44. The maximum absolute atomic E-state index is 5.96. The molecule has 134 valence electrons. The Labute approximate surface area is 157 Å². The molecule has 0 atom stereocenters. The topological polar surface area (TPSA) is 51.8 Å². The molecule has 4 heteroatoms. The van der Waals surface area contributed by atoms with Gasteiger partial charge in [-0.25, -0.2) is 9.97 Å². The Bertz CT molecular complexity index is 811. The lowest BCUT2D eigenvalue weighted by atomic mass is 10.2. The molecule has 0 bridgehead atoms. The van der Waals surface area contributed by atoms with Gasteiger partial charge in [-0.2, -0.15) is 0 Å². The first-order valence-corrected chi connectivity index (χ1v) is 11.2. The number of hydrogen-bond donors (Lipinski definition) is 1. The molecule has 0 aliphatic rings. The molecule has 0 aliphatic heterocycles. The molecule has 1 heterocycles. The number of aromatic nitrogens is 2. The zero-order valence-electron chi connectivity index (χ0n) is 16.0. The predicted molar refractivity (Wildman–Crippen MR) is 113 cm³/mol. The van der Waals surface area contributed by atoms with Crippen molar-refractivity contribution >= 4 is 24.4 Å². The van der Waals surface area contributed by atoms with Crippen molar-refractivity contribution in [3.05, 3.63) is 78.1 Å². The third-order valence-electron chi connectivity index (χ3n) is 5.18. The average molecular weight is 362 g/mol. The summed E-state index contributed by atoms with van der Waals surface area (Å²) >= 11 is 0. The van der Waals surface area contributed by atoms with E-state index < -0.39 is 8.07 Å². The van der Waals surface area contributed by atoms with Crippen molar-refractivity contribution < 1.29 is 0 Å². The highest BCUT2D eigenvalue weighted by molar-refractivity contribution is 7.03. The molecular formula is C22H27N3Si. The van der Waals surface area contributed by atoms with Crippen molar-refractivity contribution in [2.75, 3.05) is 5.73 Å². The minimum atomic E-state index is -2.18. The second-order valence-electron chi connectivity index (χ2n) is 7.92. The van der Waals surface area contributed by atoms with Gasteiger partial charge in [0, 0.05) is 11.4 Å². The Morgan fingerprint density at radius 1 is 0.846 bits per heavy atom. The van der Waals surface area contributed by atoms with Crippen LogP contribution in [0.15, 0.2) is 66.7 Å². The van der Waals surface area contributed by atoms with Gasteiger partial charge >= 0.3 is 0 Å². The van der Waals surface area contributed by atoms with Crippen molar-refractivity contribution in [1.29, 1.82) is 0 Å². The van der Waals surface area contributed by atoms with Crippen molar-refractivity contribution in [3.63, 3.8) is 0 Å². The predicted octanol–water partition coefficient (Wildman–Crippen LogP) is 3.51. The Morgan fingerprint density at radius 2 is 1.35 bits per heavy atom. The van der Waals surface area contributed by atoms with Crippen molar-refractivity contribution in [3.8, 4) is 0 Å². The quantitative estimate of drug-likeness (QED) is 0.724. The molecule has 2 N–H and O–H groups in total. The zero-order valence-corrected chi connectivity index (χ0v) is 17.0. The summed E-state index contributed by atoms with van der Waals surface area (Å²) in [6, 6.07) is 24.8. The number of nitrogens with two attached hydrogens (primary N) is 1. The normalized spacial score (nSPS) is 12.2. The lowest BCUT2D eigenvalue weighted by Crippen LogP contribution is -2.66. The van der Waals surface area contributed by atoms with E-state index in [2.05, 4.69) is 97.5 Å². The Hall–Kier alpha value is -2.46. The van der Waals surface area contributed by atoms with Crippen LogP contribution in [0.1, 0.15) is 32.2 Å². The molecule has 0 spiro atoms. The number of nitrogens with zero attached hydrogens (tertiary/aromatic N) is 2. The second kappa shape index (κ2) is 7.04. The summed E-state index contributed by atoms with van der Waals surface area (Å²) in [6.45, 7) is 9.05. The lowest BCUT2D eigenvalue weighted by molar-refractivity contribution is 0.723. The molecule has 26 heavy (non-hydrogen) atoms. The van der Waals surface area contributed by atoms with Gasteiger partial charge in [0.2, 0.25) is 5.95 Å². The highest BCUT2D eigenvalue weighted by Crippen LogP contribution is 2.37. The van der Waals surface area contributed by atoms with Gasteiger partial charge in [0.1, 0.15) is 8.07 Å². The van der Waals surface area contributed by atoms with Crippen molar-refractivity contribution in [1.82, 2.24) is 9.97 Å². The molecule has 3 aromatic rings. The van der Waals surface area contributed by atoms with Crippen LogP contribution >= 0.6 is 0 Å². The summed E-state index contributed by atoms with van der Waals surface area (Å²) in [4.78, 5) is 8.84. The molecule has 3 rings (SSSR count). The van der Waals surface area contributed by atoms with Crippen LogP contribution in [0.2, 0.25) is 5.04 Å². The molecule has 0 unspecified atom stereocenters. The zero-order chi connectivity index (χ0) is 18.8. The van der Waals surface area contributed by atoms with E-state index in [1.54, 1.807) is 0 Å². The highest BCUT2D eigenvalue weighted by atomic mass is 28.3. The minimum absolute atomic E-state index is 0.101. The number of nitrogen functional groups attached to an aromatic ring is 1. The van der Waals surface area contributed by atoms with Gasteiger partial charge < -0.3 is 5.73 Å². The summed E-state index contributed by atoms with van der Waals surface area (Å²) in [7, 11) is -2.18. The fraction of sp³-hybridized carbons (Fsp3) is 0.273. The van der Waals surface area contributed by atoms with Gasteiger partial charge in [-0.15, -0.1) is 0 Å². The Morgan fingerprint density at radius 3 is 1.77 bits per heavy atom. The maximum Gasteiger partial charge on any atom is 0.220 e. The van der Waals surface area contributed by atoms with E-state index in [4.69, 9.17) is 5.73 Å². The Kier molecular flexibility index (Phi) is 4.96. The number of rotatable bonds is 4. The monoisotopic (exact) mass is 361 g/mol. The van der Waals surface area contributed by atoms with Crippen LogP contribution in [0.5, 0.6) is 0 Å². The number of hydrogen-bond acceptors (Lipinski definition) is 3. The van der Waals surface area contributed by atoms with Gasteiger partial charge in [-0.05, 0) is 24.1 Å². The Balaban J connectivity index is 2.27. The van der Waals surface area contributed by atoms with Crippen LogP contribution in [0.3, 0.4) is 0 Å². The van der Waals surface area contributed by atoms with Crippen LogP contribution in [-0.4, -0.2) is 18.0 Å². The molecule has 3 nitrogen and oxygen atoms in total. The fourth-order valence-corrected chi connectivity index (χ4v) is 9.22. The van der Waals surface area contributed by atoms with Crippen LogP contribution in [0.4, 0.5) is 5.95 Å². The molecular weight excluding hydrogens is 334 g/mol. The fourth-order valence-electron chi connectivity index (χ4n) is 3.97. The molecule has 0 saturated carbocycles. The van der Waals surface area contributed by atoms with Gasteiger partial charge in [0.25, 0.3) is 0 Å². The van der Waals surface area contributed by atoms with E-state index in [0.29, 0.717) is 5.95 Å². The first-order chi connectivity index (χ1) is 12.3. The molecule has 0 aliphatic carbocycles. The summed E-state index contributed by atoms with van der Waals surface area (Å²) in [5.74, 6) is 0.359. The van der Waals surface area contributed by atoms with Crippen LogP contribution < -0.4 is 16.1 Å². The van der Waals surface area contributed by atoms with Gasteiger partial charge in [-0.3, -0.25) is 0 Å². The van der Waals surface area contributed by atoms with Crippen molar-refractivity contribution in [2.24, 2.45) is 0 Å². The van der Waals surface area contributed by atoms with E-state index in [9.17, 15) is 0 Å². The number of anilines is 1. The van der Waals surface area contributed by atoms with E-state index in [0.717, 1.165) is 17.4 Å². The average Bonchev–Trinajstić information content (AvgIpc) is 2.59. The van der Waals surface area contributed by atoms with Crippen LogP contribution in [0, 0.1) is 6.92 Å². The molecule has 0 fully saturated rings. The highest BCUT2D eigenvalue weighted by Gasteiger charge is 2.47. The summed E-state index contributed by atoms with van der Waals surface area (Å²) in [5.41, 5.74) is 7.91. The van der Waals surface area contributed by atoms with Crippen molar-refractivity contribution in [2.45, 2.75) is 38.8 Å². The molecule has 0 saturated heterocycles. The third kappa shape index (κ3) is 3.42. The van der Waals surface area contributed by atoms with E-state index >= 15 is 0 Å². The van der Waals surface area contributed by atoms with Gasteiger partial charge in [-0.1, -0.05) is 91.8 Å². The van der Waals surface area contributed by atoms with E-state index in [1.165, 1.54) is 10.4 Å². The molecule has 1 aromatic heterocycles. The van der Waals surface area contributed by atoms with Crippen LogP contribution in [0.25, 0.3) is 0 Å². The van der Waals surface area contributed by atoms with E-state index in [-0.39, 0.29) is 5.04 Å². The largest absolute Gasteiger partial charge is 0.368 e. The SMILES string of the molecule is Cc1cc(C[Si](c2ccccc2)(c2ccccc2)C(C)(C)C)nc(N)n1. The molecule has 0 amide bonds. The van der Waals surface area contributed by atoms with Crippen LogP contribution in [-0.2, 0) is 6.04 Å². The summed E-state index contributed by atoms with van der Waals surface area (Å²) in [6.07, 6.45) is 0. The summed E-state index contributed by atoms with van der Waals surface area (Å²) in [5, 5.41) is 2.95. The summed E-state index contributed by atoms with van der Waals surface area (Å²) < 4.78 is 0. The number of benzene rings is 2. The smallest absolute Gasteiger partial charge is 0.220 e. The minimum Gasteiger partial charge on any atom is -0.368 e. The van der Waals surface area contributed by atoms with Gasteiger partial charge in [0.05, 0.1) is 0 Å². The first-order valence-electron chi connectivity index (χ1n) is 9.04. The maximum atomic E-state index is 5.96. The molecule has 2 aromatic carbocycles. The molecule has 0 radical (unpaired) electrons. The van der Waals surface area contributed by atoms with Gasteiger partial charge in [0.15, 0.2) is 0 Å². The first kappa shape index (κ1) is 18.3. The standard InChI is InChI=1S/C22H27N3Si/c1-17-15-18(25-21(23)24-17)16-26(22(2,3)4,19-11-7-5-8-12-19)20-13-9-6-10-14-20/h5-15H,16H2,1-4H3,(H2,23,24,25). The second-order valence-corrected chi connectivity index (χ2v) is 12.7. The number of aryl methyl sites for hydroxylation is 1.